The minimum atomic E-state index is -0.368. The minimum absolute atomic E-state index is 0.0472. The topological polar surface area (TPSA) is 41.6 Å². The van der Waals surface area contributed by atoms with Gasteiger partial charge in [0, 0.05) is 27.7 Å². The first-order valence-corrected chi connectivity index (χ1v) is 9.57. The molecule has 1 unspecified atom stereocenters. The third-order valence-electron chi connectivity index (χ3n) is 4.81. The number of carbonyl (C=O) groups is 1. The summed E-state index contributed by atoms with van der Waals surface area (Å²) in [4.78, 5) is 14.9. The van der Waals surface area contributed by atoms with Crippen molar-refractivity contribution in [1.29, 1.82) is 0 Å². The molecule has 0 aliphatic carbocycles. The predicted molar refractivity (Wildman–Crippen MR) is 112 cm³/mol. The van der Waals surface area contributed by atoms with Gasteiger partial charge in [0.25, 0.3) is 5.91 Å². The van der Waals surface area contributed by atoms with Gasteiger partial charge in [-0.25, -0.2) is 0 Å². The number of amides is 1. The second-order valence-corrected chi connectivity index (χ2v) is 7.35. The minimum Gasteiger partial charge on any atom is -0.495 e. The molecule has 4 rings (SSSR count). The standard InChI is InChI=1S/C22H18Cl2N2O2/c1-28-20-11-10-15(23)12-19(20)25-21-16-7-3-4-8-17(16)22(27)26(21)13-14-6-2-5-9-18(14)24/h2-12,21,25H,13H2,1H3. The van der Waals surface area contributed by atoms with Gasteiger partial charge in [0.1, 0.15) is 11.9 Å². The van der Waals surface area contributed by atoms with Crippen molar-refractivity contribution in [3.8, 4) is 5.75 Å². The van der Waals surface area contributed by atoms with E-state index in [1.54, 1.807) is 30.2 Å². The monoisotopic (exact) mass is 412 g/mol. The molecule has 1 aliphatic heterocycles. The van der Waals surface area contributed by atoms with Crippen LogP contribution in [0.15, 0.2) is 66.7 Å². The van der Waals surface area contributed by atoms with Crippen LogP contribution in [-0.2, 0) is 6.54 Å². The number of nitrogens with zero attached hydrogens (tertiary/aromatic N) is 1. The van der Waals surface area contributed by atoms with Gasteiger partial charge in [0.2, 0.25) is 0 Å². The molecule has 4 nitrogen and oxygen atoms in total. The van der Waals surface area contributed by atoms with Crippen molar-refractivity contribution < 1.29 is 9.53 Å². The van der Waals surface area contributed by atoms with E-state index in [0.717, 1.165) is 11.1 Å². The summed E-state index contributed by atoms with van der Waals surface area (Å²) in [6, 6.07) is 20.5. The van der Waals surface area contributed by atoms with Crippen molar-refractivity contribution in [3.63, 3.8) is 0 Å². The second-order valence-electron chi connectivity index (χ2n) is 6.50. The quantitative estimate of drug-likeness (QED) is 0.578. The highest BCUT2D eigenvalue weighted by molar-refractivity contribution is 6.31. The first kappa shape index (κ1) is 18.7. The summed E-state index contributed by atoms with van der Waals surface area (Å²) in [5.74, 6) is 0.605. The summed E-state index contributed by atoms with van der Waals surface area (Å²) < 4.78 is 5.45. The lowest BCUT2D eigenvalue weighted by Crippen LogP contribution is -2.32. The summed E-state index contributed by atoms with van der Waals surface area (Å²) in [5.41, 5.74) is 3.18. The van der Waals surface area contributed by atoms with E-state index >= 15 is 0 Å². The molecule has 1 atom stereocenters. The molecule has 0 bridgehead atoms. The number of nitrogens with one attached hydrogen (secondary N) is 1. The molecular weight excluding hydrogens is 395 g/mol. The number of halogens is 2. The van der Waals surface area contributed by atoms with Crippen LogP contribution in [0.5, 0.6) is 5.75 Å². The van der Waals surface area contributed by atoms with Gasteiger partial charge in [-0.3, -0.25) is 4.79 Å². The molecule has 0 aromatic heterocycles. The molecule has 142 valence electrons. The van der Waals surface area contributed by atoms with Crippen LogP contribution in [0.3, 0.4) is 0 Å². The first-order valence-electron chi connectivity index (χ1n) is 8.82. The van der Waals surface area contributed by atoms with E-state index in [9.17, 15) is 4.79 Å². The summed E-state index contributed by atoms with van der Waals surface area (Å²) in [6.07, 6.45) is -0.368. The number of ether oxygens (including phenoxy) is 1. The van der Waals surface area contributed by atoms with Gasteiger partial charge in [0.15, 0.2) is 0 Å². The highest BCUT2D eigenvalue weighted by atomic mass is 35.5. The second kappa shape index (κ2) is 7.74. The van der Waals surface area contributed by atoms with E-state index in [1.165, 1.54) is 0 Å². The molecule has 0 radical (unpaired) electrons. The zero-order valence-corrected chi connectivity index (χ0v) is 16.7. The Balaban J connectivity index is 1.74. The number of rotatable bonds is 5. The van der Waals surface area contributed by atoms with Crippen LogP contribution >= 0.6 is 23.2 Å². The zero-order valence-electron chi connectivity index (χ0n) is 15.2. The SMILES string of the molecule is COc1ccc(Cl)cc1NC1c2ccccc2C(=O)N1Cc1ccccc1Cl. The Morgan fingerprint density at radius 2 is 1.79 bits per heavy atom. The maximum Gasteiger partial charge on any atom is 0.256 e. The van der Waals surface area contributed by atoms with Gasteiger partial charge >= 0.3 is 0 Å². The van der Waals surface area contributed by atoms with Crippen molar-refractivity contribution in [2.24, 2.45) is 0 Å². The van der Waals surface area contributed by atoms with Gasteiger partial charge < -0.3 is 15.0 Å². The zero-order chi connectivity index (χ0) is 19.7. The van der Waals surface area contributed by atoms with Gasteiger partial charge in [-0.2, -0.15) is 0 Å². The third kappa shape index (κ3) is 3.41. The van der Waals surface area contributed by atoms with Crippen molar-refractivity contribution in [2.75, 3.05) is 12.4 Å². The van der Waals surface area contributed by atoms with Gasteiger partial charge in [-0.05, 0) is 35.9 Å². The van der Waals surface area contributed by atoms with Gasteiger partial charge in [0.05, 0.1) is 12.8 Å². The Morgan fingerprint density at radius 1 is 1.04 bits per heavy atom. The maximum absolute atomic E-state index is 13.1. The number of hydrogen-bond donors (Lipinski definition) is 1. The molecule has 0 fully saturated rings. The van der Waals surface area contributed by atoms with Crippen LogP contribution in [0.1, 0.15) is 27.7 Å². The highest BCUT2D eigenvalue weighted by Gasteiger charge is 2.37. The lowest BCUT2D eigenvalue weighted by molar-refractivity contribution is 0.0728. The van der Waals surface area contributed by atoms with Crippen LogP contribution in [0, 0.1) is 0 Å². The summed E-state index contributed by atoms with van der Waals surface area (Å²) >= 11 is 12.5. The predicted octanol–water partition coefficient (Wildman–Crippen LogP) is 5.77. The Hall–Kier alpha value is -2.69. The molecule has 3 aromatic carbocycles. The normalized spacial score (nSPS) is 15.5. The van der Waals surface area contributed by atoms with Crippen LogP contribution in [0.25, 0.3) is 0 Å². The number of methoxy groups -OCH3 is 1. The molecule has 0 saturated carbocycles. The fourth-order valence-electron chi connectivity index (χ4n) is 3.44. The Labute approximate surface area is 173 Å². The Kier molecular flexibility index (Phi) is 5.16. The van der Waals surface area contributed by atoms with Crippen LogP contribution in [-0.4, -0.2) is 17.9 Å². The van der Waals surface area contributed by atoms with Crippen molar-refractivity contribution >= 4 is 34.8 Å². The number of hydrogen-bond acceptors (Lipinski definition) is 3. The molecule has 1 heterocycles. The Morgan fingerprint density at radius 3 is 2.57 bits per heavy atom. The average molecular weight is 413 g/mol. The molecule has 28 heavy (non-hydrogen) atoms. The van der Waals surface area contributed by atoms with Gasteiger partial charge in [-0.1, -0.05) is 59.6 Å². The van der Waals surface area contributed by atoms with Crippen molar-refractivity contribution in [1.82, 2.24) is 4.90 Å². The molecule has 1 amide bonds. The largest absolute Gasteiger partial charge is 0.495 e. The van der Waals surface area contributed by atoms with Crippen LogP contribution < -0.4 is 10.1 Å². The molecule has 1 N–H and O–H groups in total. The lowest BCUT2D eigenvalue weighted by atomic mass is 10.1. The van der Waals surface area contributed by atoms with E-state index in [2.05, 4.69) is 5.32 Å². The molecular formula is C22H18Cl2N2O2. The third-order valence-corrected chi connectivity index (χ3v) is 5.41. The number of anilines is 1. The van der Waals surface area contributed by atoms with Gasteiger partial charge in [-0.15, -0.1) is 0 Å². The highest BCUT2D eigenvalue weighted by Crippen LogP contribution is 2.39. The molecule has 3 aromatic rings. The lowest BCUT2D eigenvalue weighted by Gasteiger charge is -2.28. The molecule has 0 saturated heterocycles. The fourth-order valence-corrected chi connectivity index (χ4v) is 3.81. The summed E-state index contributed by atoms with van der Waals surface area (Å²) in [7, 11) is 1.60. The van der Waals surface area contributed by atoms with Crippen molar-refractivity contribution in [3.05, 3.63) is 93.5 Å². The van der Waals surface area contributed by atoms with Crippen LogP contribution in [0.2, 0.25) is 10.0 Å². The summed E-state index contributed by atoms with van der Waals surface area (Å²) in [6.45, 7) is 0.383. The first-order chi connectivity index (χ1) is 13.6. The maximum atomic E-state index is 13.1. The number of fused-ring (bicyclic) bond motifs is 1. The molecule has 1 aliphatic rings. The van der Waals surface area contributed by atoms with E-state index in [4.69, 9.17) is 27.9 Å². The number of carbonyl (C=O) groups excluding carboxylic acids is 1. The fraction of sp³-hybridized carbons (Fsp3) is 0.136. The van der Waals surface area contributed by atoms with E-state index in [-0.39, 0.29) is 12.1 Å². The summed E-state index contributed by atoms with van der Waals surface area (Å²) in [5, 5.41) is 4.64. The number of benzene rings is 3. The Bertz CT molecular complexity index is 1040. The van der Waals surface area contributed by atoms with Crippen molar-refractivity contribution in [2.45, 2.75) is 12.7 Å². The smallest absolute Gasteiger partial charge is 0.256 e. The van der Waals surface area contributed by atoms with E-state index in [1.807, 2.05) is 48.5 Å². The van der Waals surface area contributed by atoms with E-state index in [0.29, 0.717) is 33.6 Å². The van der Waals surface area contributed by atoms with E-state index < -0.39 is 0 Å². The molecule has 6 heteroatoms. The van der Waals surface area contributed by atoms with Crippen LogP contribution in [0.4, 0.5) is 5.69 Å². The average Bonchev–Trinajstić information content (AvgIpc) is 2.96. The molecule has 0 spiro atoms.